The average Bonchev–Trinajstić information content (AvgIpc) is 1.81. The summed E-state index contributed by atoms with van der Waals surface area (Å²) in [4.78, 5) is 0. The molecule has 0 rings (SSSR count). The molecule has 0 heterocycles. The normalized spacial score (nSPS) is 13.2. The van der Waals surface area contributed by atoms with Crippen LogP contribution in [0.2, 0.25) is 18.1 Å². The molecule has 0 radical (unpaired) electrons. The summed E-state index contributed by atoms with van der Waals surface area (Å²) in [6.45, 7) is 15.8. The van der Waals surface area contributed by atoms with Gasteiger partial charge in [-0.15, -0.1) is 0 Å². The first-order chi connectivity index (χ1) is 5.17. The summed E-state index contributed by atoms with van der Waals surface area (Å²) in [5.41, 5.74) is 0. The molecule has 0 amide bonds. The molecular formula is C9H19IOSi. The van der Waals surface area contributed by atoms with Crippen molar-refractivity contribution in [1.82, 2.24) is 0 Å². The van der Waals surface area contributed by atoms with Crippen molar-refractivity contribution in [2.45, 2.75) is 38.9 Å². The Hall–Kier alpha value is 0.647. The van der Waals surface area contributed by atoms with Gasteiger partial charge in [-0.25, -0.2) is 0 Å². The van der Waals surface area contributed by atoms with Crippen molar-refractivity contribution < 1.29 is 4.43 Å². The lowest BCUT2D eigenvalue weighted by molar-refractivity contribution is 0.327. The van der Waals surface area contributed by atoms with Gasteiger partial charge >= 0.3 is 0 Å². The minimum absolute atomic E-state index is 0.305. The molecule has 0 atom stereocenters. The minimum Gasteiger partial charge on any atom is -0.412 e. The van der Waals surface area contributed by atoms with Crippen LogP contribution in [0, 0.1) is 0 Å². The fourth-order valence-corrected chi connectivity index (χ4v) is 1.89. The molecule has 0 aromatic rings. The summed E-state index contributed by atoms with van der Waals surface area (Å²) in [6, 6.07) is 0. The van der Waals surface area contributed by atoms with E-state index in [2.05, 4.69) is 63.0 Å². The highest BCUT2D eigenvalue weighted by molar-refractivity contribution is 14.1. The predicted molar refractivity (Wildman–Crippen MR) is 66.3 cm³/mol. The third kappa shape index (κ3) is 4.05. The van der Waals surface area contributed by atoms with Crippen LogP contribution in [0.15, 0.2) is 10.2 Å². The third-order valence-electron chi connectivity index (χ3n) is 2.40. The van der Waals surface area contributed by atoms with Gasteiger partial charge in [0, 0.05) is 3.58 Å². The molecule has 0 aromatic carbocycles. The van der Waals surface area contributed by atoms with Crippen LogP contribution < -0.4 is 0 Å². The molecule has 0 aliphatic carbocycles. The summed E-state index contributed by atoms with van der Waals surface area (Å²) < 4.78 is 6.97. The Balaban J connectivity index is 4.14. The molecule has 0 saturated carbocycles. The average molecular weight is 298 g/mol. The molecule has 1 nitrogen and oxygen atoms in total. The molecule has 3 heteroatoms. The molecule has 12 heavy (non-hydrogen) atoms. The van der Waals surface area contributed by atoms with Crippen molar-refractivity contribution in [3.05, 3.63) is 10.2 Å². The van der Waals surface area contributed by atoms with Crippen LogP contribution in [-0.4, -0.2) is 14.9 Å². The van der Waals surface area contributed by atoms with E-state index in [1.807, 2.05) is 0 Å². The lowest BCUT2D eigenvalue weighted by Gasteiger charge is -2.36. The van der Waals surface area contributed by atoms with E-state index in [4.69, 9.17) is 4.43 Å². The lowest BCUT2D eigenvalue weighted by atomic mass is 10.2. The van der Waals surface area contributed by atoms with Crippen LogP contribution in [0.5, 0.6) is 0 Å². The molecule has 0 spiro atoms. The summed E-state index contributed by atoms with van der Waals surface area (Å²) >= 11 is 2.21. The predicted octanol–water partition coefficient (Wildman–Crippen LogP) is 3.96. The van der Waals surface area contributed by atoms with Crippen LogP contribution in [-0.2, 0) is 4.43 Å². The standard InChI is InChI=1S/C9H19IOSi/c1-8(10)7-11-12(5,6)9(2,3)4/h1,7H2,2-6H3. The van der Waals surface area contributed by atoms with Crippen LogP contribution in [0.4, 0.5) is 0 Å². The fraction of sp³-hybridized carbons (Fsp3) is 0.778. The maximum atomic E-state index is 5.89. The zero-order chi connectivity index (χ0) is 9.99. The van der Waals surface area contributed by atoms with E-state index in [1.54, 1.807) is 0 Å². The topological polar surface area (TPSA) is 9.23 Å². The molecule has 0 N–H and O–H groups in total. The van der Waals surface area contributed by atoms with Gasteiger partial charge in [-0.3, -0.25) is 0 Å². The summed E-state index contributed by atoms with van der Waals surface area (Å²) in [5.74, 6) is 0. The highest BCUT2D eigenvalue weighted by Crippen LogP contribution is 2.36. The van der Waals surface area contributed by atoms with Crippen molar-refractivity contribution >= 4 is 30.9 Å². The Morgan fingerprint density at radius 2 is 1.83 bits per heavy atom. The summed E-state index contributed by atoms with van der Waals surface area (Å²) in [6.07, 6.45) is 0. The highest BCUT2D eigenvalue weighted by atomic mass is 127. The third-order valence-corrected chi connectivity index (χ3v) is 7.19. The molecule has 0 aromatic heterocycles. The monoisotopic (exact) mass is 298 g/mol. The van der Waals surface area contributed by atoms with Gasteiger partial charge in [0.1, 0.15) is 0 Å². The van der Waals surface area contributed by atoms with Crippen molar-refractivity contribution in [3.63, 3.8) is 0 Å². The Labute approximate surface area is 90.8 Å². The molecular weight excluding hydrogens is 279 g/mol. The van der Waals surface area contributed by atoms with Crippen LogP contribution in [0.25, 0.3) is 0 Å². The maximum absolute atomic E-state index is 5.89. The van der Waals surface area contributed by atoms with Crippen molar-refractivity contribution in [1.29, 1.82) is 0 Å². The molecule has 0 aliphatic rings. The largest absolute Gasteiger partial charge is 0.412 e. The molecule has 0 unspecified atom stereocenters. The first-order valence-corrected chi connectivity index (χ1v) is 8.13. The van der Waals surface area contributed by atoms with Gasteiger partial charge < -0.3 is 4.43 Å². The highest BCUT2D eigenvalue weighted by Gasteiger charge is 2.36. The summed E-state index contributed by atoms with van der Waals surface area (Å²) in [7, 11) is -1.53. The second-order valence-electron chi connectivity index (χ2n) is 4.57. The van der Waals surface area contributed by atoms with Crippen molar-refractivity contribution in [2.75, 3.05) is 6.61 Å². The second-order valence-corrected chi connectivity index (χ2v) is 10.9. The lowest BCUT2D eigenvalue weighted by Crippen LogP contribution is -2.40. The first kappa shape index (κ1) is 12.6. The van der Waals surface area contributed by atoms with Crippen LogP contribution in [0.1, 0.15) is 20.8 Å². The molecule has 0 saturated heterocycles. The van der Waals surface area contributed by atoms with E-state index in [-0.39, 0.29) is 0 Å². The SMILES string of the molecule is C=C(I)CO[Si](C)(C)C(C)(C)C. The zero-order valence-electron chi connectivity index (χ0n) is 8.70. The first-order valence-electron chi connectivity index (χ1n) is 4.14. The van der Waals surface area contributed by atoms with Gasteiger partial charge in [-0.2, -0.15) is 0 Å². The number of hydrogen-bond acceptors (Lipinski definition) is 1. The molecule has 0 fully saturated rings. The van der Waals surface area contributed by atoms with Crippen molar-refractivity contribution in [3.8, 4) is 0 Å². The van der Waals surface area contributed by atoms with E-state index in [0.717, 1.165) is 3.58 Å². The van der Waals surface area contributed by atoms with E-state index in [1.165, 1.54) is 0 Å². The Bertz CT molecular complexity index is 170. The molecule has 0 aliphatic heterocycles. The van der Waals surface area contributed by atoms with E-state index in [0.29, 0.717) is 11.6 Å². The quantitative estimate of drug-likeness (QED) is 0.566. The van der Waals surface area contributed by atoms with E-state index >= 15 is 0 Å². The van der Waals surface area contributed by atoms with Gasteiger partial charge in [-0.1, -0.05) is 27.4 Å². The smallest absolute Gasteiger partial charge is 0.192 e. The number of rotatable bonds is 3. The Morgan fingerprint density at radius 3 is 2.08 bits per heavy atom. The van der Waals surface area contributed by atoms with Gasteiger partial charge in [0.2, 0.25) is 0 Å². The zero-order valence-corrected chi connectivity index (χ0v) is 11.9. The van der Waals surface area contributed by atoms with Crippen LogP contribution >= 0.6 is 22.6 Å². The Kier molecular flexibility index (Phi) is 4.47. The van der Waals surface area contributed by atoms with Gasteiger partial charge in [0.15, 0.2) is 8.32 Å². The van der Waals surface area contributed by atoms with Crippen LogP contribution in [0.3, 0.4) is 0 Å². The number of halogens is 1. The summed E-state index contributed by atoms with van der Waals surface area (Å²) in [5, 5.41) is 0.305. The van der Waals surface area contributed by atoms with E-state index in [9.17, 15) is 0 Å². The van der Waals surface area contributed by atoms with Crippen molar-refractivity contribution in [2.24, 2.45) is 0 Å². The second kappa shape index (κ2) is 4.24. The van der Waals surface area contributed by atoms with Gasteiger partial charge in [-0.05, 0) is 40.7 Å². The fourth-order valence-electron chi connectivity index (χ4n) is 0.475. The van der Waals surface area contributed by atoms with Gasteiger partial charge in [0.05, 0.1) is 6.61 Å². The van der Waals surface area contributed by atoms with E-state index < -0.39 is 8.32 Å². The Morgan fingerprint density at radius 1 is 1.42 bits per heavy atom. The molecule has 72 valence electrons. The maximum Gasteiger partial charge on any atom is 0.192 e. The van der Waals surface area contributed by atoms with Gasteiger partial charge in [0.25, 0.3) is 0 Å². The number of hydrogen-bond donors (Lipinski definition) is 0. The molecule has 0 bridgehead atoms. The minimum atomic E-state index is -1.53.